The van der Waals surface area contributed by atoms with Crippen molar-refractivity contribution in [2.24, 2.45) is 0 Å². The molecule has 0 fully saturated rings. The Bertz CT molecular complexity index is 729. The summed E-state index contributed by atoms with van der Waals surface area (Å²) < 4.78 is 28.9. The van der Waals surface area contributed by atoms with Crippen LogP contribution in [0.25, 0.3) is 0 Å². The summed E-state index contributed by atoms with van der Waals surface area (Å²) in [4.78, 5) is 14.4. The minimum atomic E-state index is -3.68. The molecule has 1 atom stereocenters. The minimum absolute atomic E-state index is 0.0491. The maximum atomic E-state index is 12.7. The van der Waals surface area contributed by atoms with Gasteiger partial charge in [-0.3, -0.25) is 0 Å². The Kier molecular flexibility index (Phi) is 7.77. The summed E-state index contributed by atoms with van der Waals surface area (Å²) in [6.45, 7) is 11.3. The quantitative estimate of drug-likeness (QED) is 0.691. The number of carbonyl (C=O) groups excluding carboxylic acids is 1. The molecule has 0 aromatic heterocycles. The van der Waals surface area contributed by atoms with Crippen LogP contribution in [-0.4, -0.2) is 36.7 Å². The average Bonchev–Trinajstić information content (AvgIpc) is 2.52. The lowest BCUT2D eigenvalue weighted by molar-refractivity contribution is 0.164. The van der Waals surface area contributed by atoms with E-state index in [-0.39, 0.29) is 35.7 Å². The first-order valence-corrected chi connectivity index (χ1v) is 10.6. The van der Waals surface area contributed by atoms with Crippen LogP contribution in [0.3, 0.4) is 0 Å². The van der Waals surface area contributed by atoms with Crippen molar-refractivity contribution in [3.8, 4) is 5.75 Å². The molecule has 0 aliphatic heterocycles. The molecule has 1 N–H and O–H groups in total. The molecule has 0 heterocycles. The summed E-state index contributed by atoms with van der Waals surface area (Å²) >= 11 is 6.08. The molecule has 0 bridgehead atoms. The van der Waals surface area contributed by atoms with E-state index in [1.807, 2.05) is 34.6 Å². The monoisotopic (exact) mass is 404 g/mol. The second kappa shape index (κ2) is 8.95. The summed E-state index contributed by atoms with van der Waals surface area (Å²) in [7, 11) is -3.68. The fourth-order valence-corrected chi connectivity index (χ4v) is 2.92. The van der Waals surface area contributed by atoms with Crippen molar-refractivity contribution in [1.82, 2.24) is 10.2 Å². The van der Waals surface area contributed by atoms with Crippen LogP contribution in [0.1, 0.15) is 53.5 Å². The van der Waals surface area contributed by atoms with Crippen LogP contribution in [0.15, 0.2) is 18.2 Å². The van der Waals surface area contributed by atoms with Gasteiger partial charge in [0.1, 0.15) is 5.75 Å². The summed E-state index contributed by atoms with van der Waals surface area (Å²) in [6, 6.07) is 4.43. The van der Waals surface area contributed by atoms with Crippen LogP contribution in [-0.2, 0) is 16.7 Å². The SMILES string of the molecule is CC[C@H](C)N(Cc1cc(Cl)ccc1OS(=O)(=O)CC)C(=O)NC(C)(C)C. The van der Waals surface area contributed by atoms with Gasteiger partial charge in [0.25, 0.3) is 0 Å². The van der Waals surface area contributed by atoms with Crippen molar-refractivity contribution in [2.45, 2.75) is 66.1 Å². The molecule has 1 rings (SSSR count). The number of rotatable bonds is 7. The molecular weight excluding hydrogens is 376 g/mol. The predicted octanol–water partition coefficient (Wildman–Crippen LogP) is 4.18. The highest BCUT2D eigenvalue weighted by molar-refractivity contribution is 7.87. The van der Waals surface area contributed by atoms with Crippen LogP contribution < -0.4 is 9.50 Å². The molecule has 0 aliphatic carbocycles. The van der Waals surface area contributed by atoms with E-state index in [1.54, 1.807) is 17.0 Å². The number of halogens is 1. The molecule has 8 heteroatoms. The van der Waals surface area contributed by atoms with E-state index in [1.165, 1.54) is 13.0 Å². The summed E-state index contributed by atoms with van der Waals surface area (Å²) in [5, 5.41) is 3.39. The standard InChI is InChI=1S/C18H29ClN2O4S/c1-7-13(3)21(17(22)20-18(4,5)6)12-14-11-15(19)9-10-16(14)25-26(23,24)8-2/h9-11,13H,7-8,12H2,1-6H3,(H,20,22)/t13-/m0/s1. The van der Waals surface area contributed by atoms with Crippen LogP contribution >= 0.6 is 11.6 Å². The van der Waals surface area contributed by atoms with Crippen molar-refractivity contribution >= 4 is 27.8 Å². The average molecular weight is 405 g/mol. The molecule has 0 spiro atoms. The van der Waals surface area contributed by atoms with Crippen molar-refractivity contribution in [1.29, 1.82) is 0 Å². The third-order valence-electron chi connectivity index (χ3n) is 3.80. The fourth-order valence-electron chi connectivity index (χ4n) is 2.17. The zero-order valence-electron chi connectivity index (χ0n) is 16.3. The lowest BCUT2D eigenvalue weighted by Crippen LogP contribution is -2.50. The second-order valence-electron chi connectivity index (χ2n) is 7.25. The van der Waals surface area contributed by atoms with Gasteiger partial charge in [-0.2, -0.15) is 8.42 Å². The Hall–Kier alpha value is -1.47. The fraction of sp³-hybridized carbons (Fsp3) is 0.611. The Morgan fingerprint density at radius 2 is 1.92 bits per heavy atom. The van der Waals surface area contributed by atoms with E-state index < -0.39 is 10.1 Å². The van der Waals surface area contributed by atoms with Crippen LogP contribution in [0.5, 0.6) is 5.75 Å². The molecular formula is C18H29ClN2O4S. The largest absolute Gasteiger partial charge is 0.382 e. The number of nitrogens with one attached hydrogen (secondary N) is 1. The first-order valence-electron chi connectivity index (χ1n) is 8.68. The molecule has 1 aromatic carbocycles. The van der Waals surface area contributed by atoms with Crippen molar-refractivity contribution in [3.05, 3.63) is 28.8 Å². The number of hydrogen-bond donors (Lipinski definition) is 1. The topological polar surface area (TPSA) is 75.7 Å². The van der Waals surface area contributed by atoms with Crippen LogP contribution in [0.4, 0.5) is 4.79 Å². The Morgan fingerprint density at radius 3 is 2.42 bits per heavy atom. The summed E-state index contributed by atoms with van der Waals surface area (Å²) in [5.74, 6) is 0.0439. The number of amides is 2. The van der Waals surface area contributed by atoms with Gasteiger partial charge in [0, 0.05) is 22.2 Å². The smallest absolute Gasteiger partial charge is 0.318 e. The van der Waals surface area contributed by atoms with Crippen molar-refractivity contribution < 1.29 is 17.4 Å². The predicted molar refractivity (Wildman–Crippen MR) is 105 cm³/mol. The number of carbonyl (C=O) groups is 1. The van der Waals surface area contributed by atoms with E-state index in [0.717, 1.165) is 6.42 Å². The van der Waals surface area contributed by atoms with Crippen molar-refractivity contribution in [2.75, 3.05) is 5.75 Å². The van der Waals surface area contributed by atoms with E-state index >= 15 is 0 Å². The molecule has 26 heavy (non-hydrogen) atoms. The molecule has 2 amide bonds. The van der Waals surface area contributed by atoms with E-state index in [9.17, 15) is 13.2 Å². The number of nitrogens with zero attached hydrogens (tertiary/aromatic N) is 1. The summed E-state index contributed by atoms with van der Waals surface area (Å²) in [6.07, 6.45) is 0.752. The van der Waals surface area contributed by atoms with Gasteiger partial charge in [0.15, 0.2) is 0 Å². The van der Waals surface area contributed by atoms with E-state index in [2.05, 4.69) is 5.32 Å². The van der Waals surface area contributed by atoms with Gasteiger partial charge in [0.2, 0.25) is 0 Å². The highest BCUT2D eigenvalue weighted by Gasteiger charge is 2.25. The molecule has 6 nitrogen and oxygen atoms in total. The van der Waals surface area contributed by atoms with E-state index in [4.69, 9.17) is 15.8 Å². The van der Waals surface area contributed by atoms with Gasteiger partial charge < -0.3 is 14.4 Å². The molecule has 1 aromatic rings. The van der Waals surface area contributed by atoms with Gasteiger partial charge in [-0.25, -0.2) is 4.79 Å². The van der Waals surface area contributed by atoms with Crippen LogP contribution in [0.2, 0.25) is 5.02 Å². The maximum absolute atomic E-state index is 12.7. The molecule has 0 saturated heterocycles. The zero-order valence-corrected chi connectivity index (χ0v) is 17.9. The van der Waals surface area contributed by atoms with Gasteiger partial charge in [-0.15, -0.1) is 0 Å². The van der Waals surface area contributed by atoms with Gasteiger partial charge in [-0.05, 0) is 59.2 Å². The second-order valence-corrected chi connectivity index (χ2v) is 9.54. The first kappa shape index (κ1) is 22.6. The third-order valence-corrected chi connectivity index (χ3v) is 5.17. The molecule has 0 aliphatic rings. The van der Waals surface area contributed by atoms with Gasteiger partial charge in [0.05, 0.1) is 12.3 Å². The van der Waals surface area contributed by atoms with Gasteiger partial charge in [-0.1, -0.05) is 18.5 Å². The summed E-state index contributed by atoms with van der Waals surface area (Å²) in [5.41, 5.74) is 0.154. The highest BCUT2D eigenvalue weighted by atomic mass is 35.5. The highest BCUT2D eigenvalue weighted by Crippen LogP contribution is 2.27. The normalized spacial score (nSPS) is 13.2. The van der Waals surface area contributed by atoms with Crippen LogP contribution in [0, 0.1) is 0 Å². The molecule has 148 valence electrons. The minimum Gasteiger partial charge on any atom is -0.382 e. The number of urea groups is 1. The maximum Gasteiger partial charge on any atom is 0.318 e. The molecule has 0 radical (unpaired) electrons. The zero-order chi connectivity index (χ0) is 20.1. The lowest BCUT2D eigenvalue weighted by Gasteiger charge is -2.32. The number of hydrogen-bond acceptors (Lipinski definition) is 4. The first-order chi connectivity index (χ1) is 11.9. The Balaban J connectivity index is 3.21. The Morgan fingerprint density at radius 1 is 1.31 bits per heavy atom. The molecule has 0 saturated carbocycles. The number of benzene rings is 1. The van der Waals surface area contributed by atoms with E-state index in [0.29, 0.717) is 10.6 Å². The van der Waals surface area contributed by atoms with Gasteiger partial charge >= 0.3 is 16.1 Å². The van der Waals surface area contributed by atoms with Crippen molar-refractivity contribution in [3.63, 3.8) is 0 Å². The molecule has 0 unspecified atom stereocenters. The lowest BCUT2D eigenvalue weighted by atomic mass is 10.1. The Labute approximate surface area is 162 Å². The third kappa shape index (κ3) is 7.03.